The van der Waals surface area contributed by atoms with Crippen molar-refractivity contribution >= 4 is 0 Å². The summed E-state index contributed by atoms with van der Waals surface area (Å²) in [6.45, 7) is 10.5. The van der Waals surface area contributed by atoms with Crippen LogP contribution in [0.15, 0.2) is 0 Å². The predicted molar refractivity (Wildman–Crippen MR) is 80.6 cm³/mol. The van der Waals surface area contributed by atoms with Crippen LogP contribution in [-0.4, -0.2) is 48.1 Å². The van der Waals surface area contributed by atoms with E-state index in [1.165, 1.54) is 5.56 Å². The van der Waals surface area contributed by atoms with Crippen molar-refractivity contribution in [1.82, 2.24) is 20.2 Å². The van der Waals surface area contributed by atoms with Crippen LogP contribution in [0.3, 0.4) is 0 Å². The number of aryl methyl sites for hydroxylation is 2. The molecule has 0 radical (unpaired) electrons. The highest BCUT2D eigenvalue weighted by atomic mass is 15.1. The zero-order valence-electron chi connectivity index (χ0n) is 13.2. The summed E-state index contributed by atoms with van der Waals surface area (Å²) >= 11 is 0. The first-order valence-electron chi connectivity index (χ1n) is 7.11. The van der Waals surface area contributed by atoms with Crippen molar-refractivity contribution < 1.29 is 0 Å². The number of hydrogen-bond acceptors (Lipinski definition) is 4. The van der Waals surface area contributed by atoms with Gasteiger partial charge in [0, 0.05) is 30.4 Å². The summed E-state index contributed by atoms with van der Waals surface area (Å²) in [5.74, 6) is 0.962. The molecule has 0 amide bonds. The number of likely N-dealkylation sites (N-methyl/N-ethyl adjacent to an activating group) is 1. The van der Waals surface area contributed by atoms with Crippen molar-refractivity contribution in [2.45, 2.75) is 46.6 Å². The molecule has 0 fully saturated rings. The molecule has 0 aromatic carbocycles. The van der Waals surface area contributed by atoms with Crippen LogP contribution in [0.2, 0.25) is 0 Å². The molecule has 1 aromatic rings. The number of aromatic nitrogens is 2. The fourth-order valence-corrected chi connectivity index (χ4v) is 2.09. The SMILES string of the molecule is Cc1nc(CCN(C)C)nc(C)c1CCNC(C)C. The lowest BCUT2D eigenvalue weighted by Gasteiger charge is -2.14. The first-order valence-corrected chi connectivity index (χ1v) is 7.11. The molecule has 0 aliphatic heterocycles. The van der Waals surface area contributed by atoms with Crippen molar-refractivity contribution in [3.8, 4) is 0 Å². The Kier molecular flexibility index (Phi) is 6.38. The van der Waals surface area contributed by atoms with E-state index in [2.05, 4.69) is 62.0 Å². The molecular formula is C15H28N4. The van der Waals surface area contributed by atoms with Gasteiger partial charge in [0.25, 0.3) is 0 Å². The molecule has 0 unspecified atom stereocenters. The maximum atomic E-state index is 4.64. The minimum absolute atomic E-state index is 0.529. The van der Waals surface area contributed by atoms with E-state index in [4.69, 9.17) is 0 Å². The Hall–Kier alpha value is -1.00. The molecule has 1 N–H and O–H groups in total. The molecule has 0 saturated carbocycles. The molecule has 0 saturated heterocycles. The quantitative estimate of drug-likeness (QED) is 0.814. The first-order chi connectivity index (χ1) is 8.90. The van der Waals surface area contributed by atoms with E-state index in [0.717, 1.165) is 43.1 Å². The Morgan fingerprint density at radius 2 is 1.63 bits per heavy atom. The van der Waals surface area contributed by atoms with Crippen molar-refractivity contribution in [2.24, 2.45) is 0 Å². The molecule has 0 aliphatic carbocycles. The number of nitrogens with one attached hydrogen (secondary N) is 1. The summed E-state index contributed by atoms with van der Waals surface area (Å²) in [6, 6.07) is 0.529. The molecule has 19 heavy (non-hydrogen) atoms. The summed E-state index contributed by atoms with van der Waals surface area (Å²) in [6.07, 6.45) is 1.92. The van der Waals surface area contributed by atoms with E-state index in [9.17, 15) is 0 Å². The van der Waals surface area contributed by atoms with Crippen LogP contribution in [0, 0.1) is 13.8 Å². The van der Waals surface area contributed by atoms with Gasteiger partial charge < -0.3 is 10.2 Å². The Morgan fingerprint density at radius 1 is 1.05 bits per heavy atom. The highest BCUT2D eigenvalue weighted by Crippen LogP contribution is 2.11. The molecule has 108 valence electrons. The highest BCUT2D eigenvalue weighted by molar-refractivity contribution is 5.24. The maximum Gasteiger partial charge on any atom is 0.130 e. The van der Waals surface area contributed by atoms with Crippen molar-refractivity contribution in [1.29, 1.82) is 0 Å². The highest BCUT2D eigenvalue weighted by Gasteiger charge is 2.08. The van der Waals surface area contributed by atoms with Gasteiger partial charge in [0.15, 0.2) is 0 Å². The van der Waals surface area contributed by atoms with Gasteiger partial charge in [-0.2, -0.15) is 0 Å². The van der Waals surface area contributed by atoms with E-state index in [1.807, 2.05) is 0 Å². The monoisotopic (exact) mass is 264 g/mol. The lowest BCUT2D eigenvalue weighted by atomic mass is 10.1. The Labute approximate surface area is 117 Å². The van der Waals surface area contributed by atoms with Gasteiger partial charge >= 0.3 is 0 Å². The summed E-state index contributed by atoms with van der Waals surface area (Å²) in [5, 5.41) is 3.44. The van der Waals surface area contributed by atoms with E-state index in [1.54, 1.807) is 0 Å². The van der Waals surface area contributed by atoms with E-state index < -0.39 is 0 Å². The Bertz CT molecular complexity index is 376. The van der Waals surface area contributed by atoms with E-state index in [-0.39, 0.29) is 0 Å². The zero-order chi connectivity index (χ0) is 14.4. The molecule has 4 heteroatoms. The molecule has 1 aromatic heterocycles. The van der Waals surface area contributed by atoms with Gasteiger partial charge in [-0.1, -0.05) is 13.8 Å². The summed E-state index contributed by atoms with van der Waals surface area (Å²) in [4.78, 5) is 11.4. The molecular weight excluding hydrogens is 236 g/mol. The fraction of sp³-hybridized carbons (Fsp3) is 0.733. The van der Waals surface area contributed by atoms with Gasteiger partial charge in [-0.3, -0.25) is 0 Å². The molecule has 0 bridgehead atoms. The van der Waals surface area contributed by atoms with Crippen LogP contribution < -0.4 is 5.32 Å². The second-order valence-electron chi connectivity index (χ2n) is 5.70. The minimum atomic E-state index is 0.529. The minimum Gasteiger partial charge on any atom is -0.314 e. The van der Waals surface area contributed by atoms with Crippen LogP contribution >= 0.6 is 0 Å². The largest absolute Gasteiger partial charge is 0.314 e. The van der Waals surface area contributed by atoms with Crippen LogP contribution in [0.1, 0.15) is 36.6 Å². The van der Waals surface area contributed by atoms with Crippen molar-refractivity contribution in [3.63, 3.8) is 0 Å². The summed E-state index contributed by atoms with van der Waals surface area (Å²) < 4.78 is 0. The normalized spacial score (nSPS) is 11.6. The third-order valence-electron chi connectivity index (χ3n) is 3.18. The van der Waals surface area contributed by atoms with Gasteiger partial charge in [0.05, 0.1) is 0 Å². The summed E-state index contributed by atoms with van der Waals surface area (Å²) in [5.41, 5.74) is 3.56. The zero-order valence-corrected chi connectivity index (χ0v) is 13.2. The van der Waals surface area contributed by atoms with Crippen molar-refractivity contribution in [2.75, 3.05) is 27.2 Å². The number of hydrogen-bond donors (Lipinski definition) is 1. The van der Waals surface area contributed by atoms with E-state index in [0.29, 0.717) is 6.04 Å². The molecule has 4 nitrogen and oxygen atoms in total. The molecule has 0 aliphatic rings. The number of nitrogens with zero attached hydrogens (tertiary/aromatic N) is 3. The molecule has 0 atom stereocenters. The molecule has 0 spiro atoms. The second-order valence-corrected chi connectivity index (χ2v) is 5.70. The lowest BCUT2D eigenvalue weighted by Crippen LogP contribution is -2.25. The number of rotatable bonds is 7. The van der Waals surface area contributed by atoms with Gasteiger partial charge in [-0.25, -0.2) is 9.97 Å². The van der Waals surface area contributed by atoms with Crippen LogP contribution in [-0.2, 0) is 12.8 Å². The summed E-state index contributed by atoms with van der Waals surface area (Å²) in [7, 11) is 4.15. The molecule has 1 rings (SSSR count). The third kappa shape index (κ3) is 5.66. The first kappa shape index (κ1) is 16.1. The van der Waals surface area contributed by atoms with Gasteiger partial charge in [-0.05, 0) is 46.5 Å². The average Bonchev–Trinajstić information content (AvgIpc) is 2.29. The average molecular weight is 264 g/mol. The smallest absolute Gasteiger partial charge is 0.130 e. The van der Waals surface area contributed by atoms with Gasteiger partial charge in [0.1, 0.15) is 5.82 Å². The Morgan fingerprint density at radius 3 is 2.11 bits per heavy atom. The van der Waals surface area contributed by atoms with E-state index >= 15 is 0 Å². The Balaban J connectivity index is 2.68. The van der Waals surface area contributed by atoms with Gasteiger partial charge in [-0.15, -0.1) is 0 Å². The van der Waals surface area contributed by atoms with Crippen LogP contribution in [0.25, 0.3) is 0 Å². The fourth-order valence-electron chi connectivity index (χ4n) is 2.09. The predicted octanol–water partition coefficient (Wildman–Crippen LogP) is 1.74. The second kappa shape index (κ2) is 7.56. The van der Waals surface area contributed by atoms with Gasteiger partial charge in [0.2, 0.25) is 0 Å². The standard InChI is InChI=1S/C15H28N4/c1-11(2)16-9-7-14-12(3)17-15(18-13(14)4)8-10-19(5)6/h11,16H,7-10H2,1-6H3. The third-order valence-corrected chi connectivity index (χ3v) is 3.18. The topological polar surface area (TPSA) is 41.1 Å². The van der Waals surface area contributed by atoms with Crippen LogP contribution in [0.4, 0.5) is 0 Å². The molecule has 1 heterocycles. The van der Waals surface area contributed by atoms with Crippen molar-refractivity contribution in [3.05, 3.63) is 22.8 Å². The lowest BCUT2D eigenvalue weighted by molar-refractivity contribution is 0.409. The van der Waals surface area contributed by atoms with Crippen LogP contribution in [0.5, 0.6) is 0 Å². The maximum absolute atomic E-state index is 4.64.